The number of imidazole rings is 1. The molecule has 1 fully saturated rings. The number of nitrogens with zero attached hydrogens (tertiary/aromatic N) is 3. The molecule has 1 aliphatic rings. The number of thiazole rings is 1. The van der Waals surface area contributed by atoms with Crippen LogP contribution in [0.15, 0.2) is 11.6 Å². The third-order valence-corrected chi connectivity index (χ3v) is 4.70. The summed E-state index contributed by atoms with van der Waals surface area (Å²) < 4.78 is 1.53. The van der Waals surface area contributed by atoms with Crippen molar-refractivity contribution in [2.75, 3.05) is 5.32 Å². The van der Waals surface area contributed by atoms with Gasteiger partial charge in [-0.3, -0.25) is 0 Å². The van der Waals surface area contributed by atoms with E-state index < -0.39 is 0 Å². The van der Waals surface area contributed by atoms with Gasteiger partial charge in [0.15, 0.2) is 0 Å². The van der Waals surface area contributed by atoms with Gasteiger partial charge in [0.05, 0.1) is 0 Å². The Labute approximate surface area is 132 Å². The average Bonchev–Trinajstić information content (AvgIpc) is 2.82. The number of nitrogens with one attached hydrogen (secondary N) is 2. The van der Waals surface area contributed by atoms with Crippen LogP contribution in [0.2, 0.25) is 0 Å². The monoisotopic (exact) mass is 323 g/mol. The largest absolute Gasteiger partial charge is 0.372 e. The molecule has 2 aromatic heterocycles. The number of hydrogen-bond acceptors (Lipinski definition) is 6. The van der Waals surface area contributed by atoms with Gasteiger partial charge in [-0.15, -0.1) is 0 Å². The molecule has 0 amide bonds. The maximum Gasteiger partial charge on any atom is 0.372 e. The van der Waals surface area contributed by atoms with Gasteiger partial charge in [-0.05, 0) is 45.5 Å². The van der Waals surface area contributed by atoms with E-state index in [2.05, 4.69) is 43.3 Å². The Kier molecular flexibility index (Phi) is 3.41. The Morgan fingerprint density at radius 3 is 2.64 bits per heavy atom. The first kappa shape index (κ1) is 15.2. The summed E-state index contributed by atoms with van der Waals surface area (Å²) in [6.07, 6.45) is 3.46. The van der Waals surface area contributed by atoms with Crippen LogP contribution in [0.3, 0.4) is 0 Å². The van der Waals surface area contributed by atoms with Crippen molar-refractivity contribution in [1.82, 2.24) is 14.7 Å². The van der Waals surface area contributed by atoms with Gasteiger partial charge >= 0.3 is 5.82 Å². The van der Waals surface area contributed by atoms with Crippen LogP contribution < -0.4 is 10.6 Å². The number of hydrogen-bond donors (Lipinski definition) is 2. The Morgan fingerprint density at radius 1 is 1.41 bits per heavy atom. The molecule has 0 radical (unpaired) electrons. The molecule has 3 rings (SSSR count). The maximum atomic E-state index is 11.4. The second-order valence-corrected chi connectivity index (χ2v) is 8.11. The smallest absolute Gasteiger partial charge is 0.360 e. The SMILES string of the molecule is CC1(C)CC(Nc2nc3sccn3c2[N+](=O)[O-])CC(C)(C)N1. The van der Waals surface area contributed by atoms with Crippen molar-refractivity contribution >= 4 is 27.9 Å². The Morgan fingerprint density at radius 2 is 2.05 bits per heavy atom. The molecule has 0 aromatic carbocycles. The minimum atomic E-state index is -0.369. The van der Waals surface area contributed by atoms with Crippen LogP contribution in [0, 0.1) is 10.1 Å². The van der Waals surface area contributed by atoms with Gasteiger partial charge < -0.3 is 20.7 Å². The lowest BCUT2D eigenvalue weighted by Crippen LogP contribution is -2.60. The van der Waals surface area contributed by atoms with Crippen molar-refractivity contribution in [3.8, 4) is 0 Å². The molecule has 1 aliphatic heterocycles. The summed E-state index contributed by atoms with van der Waals surface area (Å²) in [5.41, 5.74) is -0.0450. The van der Waals surface area contributed by atoms with Gasteiger partial charge in [0.2, 0.25) is 5.82 Å². The first-order chi connectivity index (χ1) is 10.2. The third-order valence-electron chi connectivity index (χ3n) is 3.94. The normalized spacial score (nSPS) is 21.1. The van der Waals surface area contributed by atoms with Crippen LogP contribution in [0.4, 0.5) is 11.6 Å². The van der Waals surface area contributed by atoms with Gasteiger partial charge in [0, 0.05) is 22.5 Å². The molecule has 0 aliphatic carbocycles. The van der Waals surface area contributed by atoms with Crippen molar-refractivity contribution in [2.45, 2.75) is 57.7 Å². The number of aromatic nitrogens is 2. The summed E-state index contributed by atoms with van der Waals surface area (Å²) >= 11 is 1.40. The summed E-state index contributed by atoms with van der Waals surface area (Å²) in [6.45, 7) is 8.62. The summed E-state index contributed by atoms with van der Waals surface area (Å²) in [5, 5.41) is 20.1. The minimum absolute atomic E-state index is 0.0189. The summed E-state index contributed by atoms with van der Waals surface area (Å²) in [4.78, 5) is 16.1. The lowest BCUT2D eigenvalue weighted by atomic mass is 9.79. The van der Waals surface area contributed by atoms with E-state index in [9.17, 15) is 10.1 Å². The van der Waals surface area contributed by atoms with E-state index in [4.69, 9.17) is 0 Å². The molecule has 0 bridgehead atoms. The fraction of sp³-hybridized carbons (Fsp3) is 0.643. The Hall–Kier alpha value is -1.67. The van der Waals surface area contributed by atoms with E-state index in [0.717, 1.165) is 12.8 Å². The first-order valence-electron chi connectivity index (χ1n) is 7.33. The van der Waals surface area contributed by atoms with E-state index in [1.807, 2.05) is 0 Å². The molecule has 0 spiro atoms. The van der Waals surface area contributed by atoms with Gasteiger partial charge in [-0.2, -0.15) is 9.38 Å². The minimum Gasteiger partial charge on any atom is -0.360 e. The molecular formula is C14H21N5O2S. The topological polar surface area (TPSA) is 84.5 Å². The van der Waals surface area contributed by atoms with Crippen LogP contribution >= 0.6 is 11.3 Å². The van der Waals surface area contributed by atoms with E-state index in [1.165, 1.54) is 15.7 Å². The number of rotatable bonds is 3. The van der Waals surface area contributed by atoms with E-state index in [-0.39, 0.29) is 27.9 Å². The van der Waals surface area contributed by atoms with Gasteiger partial charge in [0.25, 0.3) is 4.96 Å². The molecule has 22 heavy (non-hydrogen) atoms. The van der Waals surface area contributed by atoms with E-state index in [0.29, 0.717) is 10.8 Å². The van der Waals surface area contributed by atoms with Gasteiger partial charge in [-0.25, -0.2) is 0 Å². The van der Waals surface area contributed by atoms with Crippen LogP contribution in [-0.2, 0) is 0 Å². The highest BCUT2D eigenvalue weighted by Crippen LogP contribution is 2.34. The predicted molar refractivity (Wildman–Crippen MR) is 87.7 cm³/mol. The first-order valence-corrected chi connectivity index (χ1v) is 8.21. The van der Waals surface area contributed by atoms with Crippen LogP contribution in [0.25, 0.3) is 4.96 Å². The maximum absolute atomic E-state index is 11.4. The standard InChI is InChI=1S/C14H21N5O2S/c1-13(2)7-9(8-14(3,4)17-13)15-10-11(19(20)21)18-5-6-22-12(18)16-10/h5-6,9,15,17H,7-8H2,1-4H3. The molecule has 7 nitrogen and oxygen atoms in total. The molecule has 2 aromatic rings. The van der Waals surface area contributed by atoms with Crippen LogP contribution in [0.1, 0.15) is 40.5 Å². The average molecular weight is 323 g/mol. The highest BCUT2D eigenvalue weighted by atomic mass is 32.1. The van der Waals surface area contributed by atoms with Crippen LogP contribution in [0.5, 0.6) is 0 Å². The second-order valence-electron chi connectivity index (χ2n) is 7.24. The zero-order valence-electron chi connectivity index (χ0n) is 13.2. The molecule has 0 atom stereocenters. The summed E-state index contributed by atoms with van der Waals surface area (Å²) in [5.74, 6) is 0.390. The van der Waals surface area contributed by atoms with Crippen molar-refractivity contribution in [3.05, 3.63) is 21.7 Å². The quantitative estimate of drug-likeness (QED) is 0.670. The summed E-state index contributed by atoms with van der Waals surface area (Å²) in [6, 6.07) is 0.148. The molecule has 2 N–H and O–H groups in total. The van der Waals surface area contributed by atoms with Gasteiger partial charge in [-0.1, -0.05) is 11.3 Å². The number of piperidine rings is 1. The van der Waals surface area contributed by atoms with Gasteiger partial charge in [0.1, 0.15) is 6.20 Å². The molecule has 0 unspecified atom stereocenters. The van der Waals surface area contributed by atoms with E-state index in [1.54, 1.807) is 11.6 Å². The van der Waals surface area contributed by atoms with Crippen molar-refractivity contribution < 1.29 is 4.92 Å². The molecule has 0 saturated carbocycles. The van der Waals surface area contributed by atoms with Crippen molar-refractivity contribution in [1.29, 1.82) is 0 Å². The fourth-order valence-corrected chi connectivity index (χ4v) is 4.37. The highest BCUT2D eigenvalue weighted by Gasteiger charge is 2.38. The summed E-state index contributed by atoms with van der Waals surface area (Å²) in [7, 11) is 0. The zero-order chi connectivity index (χ0) is 16.1. The van der Waals surface area contributed by atoms with E-state index >= 15 is 0 Å². The fourth-order valence-electron chi connectivity index (χ4n) is 3.66. The predicted octanol–water partition coefficient (Wildman–Crippen LogP) is 3.03. The molecule has 3 heterocycles. The molecule has 120 valence electrons. The number of nitro groups is 1. The third kappa shape index (κ3) is 2.80. The molecular weight excluding hydrogens is 302 g/mol. The Bertz CT molecular complexity index is 702. The molecule has 8 heteroatoms. The van der Waals surface area contributed by atoms with Crippen LogP contribution in [-0.4, -0.2) is 31.4 Å². The number of fused-ring (bicyclic) bond motifs is 1. The number of anilines is 1. The zero-order valence-corrected chi connectivity index (χ0v) is 14.0. The lowest BCUT2D eigenvalue weighted by Gasteiger charge is -2.46. The Balaban J connectivity index is 1.91. The van der Waals surface area contributed by atoms with Crippen molar-refractivity contribution in [2.24, 2.45) is 0 Å². The molecule has 1 saturated heterocycles. The lowest BCUT2D eigenvalue weighted by molar-refractivity contribution is -0.389. The van der Waals surface area contributed by atoms with Crippen molar-refractivity contribution in [3.63, 3.8) is 0 Å². The second kappa shape index (κ2) is 4.92. The highest BCUT2D eigenvalue weighted by molar-refractivity contribution is 7.15.